The van der Waals surface area contributed by atoms with Gasteiger partial charge in [0.15, 0.2) is 5.69 Å². The van der Waals surface area contributed by atoms with Gasteiger partial charge in [0, 0.05) is 37.6 Å². The number of carbonyl (C=O) groups excluding carboxylic acids is 4. The summed E-state index contributed by atoms with van der Waals surface area (Å²) in [4.78, 5) is 57.3. The first-order valence-corrected chi connectivity index (χ1v) is 11.2. The number of anilines is 2. The summed E-state index contributed by atoms with van der Waals surface area (Å²) in [6, 6.07) is 9.48. The smallest absolute Gasteiger partial charge is 0.317 e. The normalized spacial score (nSPS) is 12.7. The van der Waals surface area contributed by atoms with E-state index >= 15 is 0 Å². The van der Waals surface area contributed by atoms with Gasteiger partial charge in [-0.2, -0.15) is 0 Å². The van der Waals surface area contributed by atoms with Gasteiger partial charge in [-0.05, 0) is 42.5 Å². The van der Waals surface area contributed by atoms with Crippen molar-refractivity contribution < 1.29 is 23.6 Å². The van der Waals surface area contributed by atoms with Gasteiger partial charge in [0.2, 0.25) is 0 Å². The maximum atomic E-state index is 13.2. The number of halogens is 2. The van der Waals surface area contributed by atoms with Crippen LogP contribution in [0.4, 0.5) is 20.6 Å². The van der Waals surface area contributed by atoms with E-state index in [1.807, 2.05) is 0 Å². The molecule has 11 nitrogen and oxygen atoms in total. The first-order chi connectivity index (χ1) is 17.3. The molecular formula is C23H21ClFN7O4. The highest BCUT2D eigenvalue weighted by molar-refractivity contribution is 6.34. The number of H-pyrrole nitrogens is 1. The highest BCUT2D eigenvalue weighted by atomic mass is 35.5. The number of rotatable bonds is 8. The van der Waals surface area contributed by atoms with Crippen LogP contribution in [0.25, 0.3) is 0 Å². The number of imidazole rings is 1. The van der Waals surface area contributed by atoms with E-state index in [1.54, 1.807) is 29.2 Å². The molecule has 1 fully saturated rings. The molecule has 1 saturated heterocycles. The lowest BCUT2D eigenvalue weighted by molar-refractivity contribution is 0.0932. The summed E-state index contributed by atoms with van der Waals surface area (Å²) in [5.41, 5.74) is 0.814. The predicted molar refractivity (Wildman–Crippen MR) is 130 cm³/mol. The van der Waals surface area contributed by atoms with Crippen molar-refractivity contribution in [3.05, 3.63) is 76.6 Å². The largest absolute Gasteiger partial charge is 0.349 e. The number of nitrogens with one attached hydrogen (secondary N) is 5. The summed E-state index contributed by atoms with van der Waals surface area (Å²) >= 11 is 5.92. The Morgan fingerprint density at radius 3 is 2.36 bits per heavy atom. The molecule has 0 saturated carbocycles. The Kier molecular flexibility index (Phi) is 7.44. The average Bonchev–Trinajstić information content (AvgIpc) is 3.49. The number of urea groups is 1. The van der Waals surface area contributed by atoms with Crippen LogP contribution in [-0.4, -0.2) is 64.8 Å². The zero-order valence-corrected chi connectivity index (χ0v) is 19.5. The summed E-state index contributed by atoms with van der Waals surface area (Å²) < 4.78 is 13.2. The van der Waals surface area contributed by atoms with Crippen LogP contribution in [0.2, 0.25) is 5.02 Å². The minimum atomic E-state index is -0.616. The number of aromatic amines is 1. The van der Waals surface area contributed by atoms with E-state index in [0.29, 0.717) is 31.0 Å². The summed E-state index contributed by atoms with van der Waals surface area (Å²) in [6.07, 6.45) is 1.23. The van der Waals surface area contributed by atoms with Crippen molar-refractivity contribution in [2.24, 2.45) is 0 Å². The molecule has 0 atom stereocenters. The molecule has 5 N–H and O–H groups in total. The summed E-state index contributed by atoms with van der Waals surface area (Å²) in [6.45, 7) is 1.68. The lowest BCUT2D eigenvalue weighted by Gasteiger charge is -2.14. The van der Waals surface area contributed by atoms with Crippen molar-refractivity contribution in [3.63, 3.8) is 0 Å². The molecule has 0 bridgehead atoms. The van der Waals surface area contributed by atoms with Gasteiger partial charge in [-0.3, -0.25) is 14.4 Å². The van der Waals surface area contributed by atoms with Gasteiger partial charge in [-0.15, -0.1) is 0 Å². The van der Waals surface area contributed by atoms with E-state index in [2.05, 4.69) is 31.2 Å². The summed E-state index contributed by atoms with van der Waals surface area (Å²) in [5.74, 6) is -2.22. The highest BCUT2D eigenvalue weighted by Gasteiger charge is 2.22. The van der Waals surface area contributed by atoms with Crippen LogP contribution >= 0.6 is 11.6 Å². The number of benzene rings is 2. The van der Waals surface area contributed by atoms with Gasteiger partial charge in [-0.25, -0.2) is 14.2 Å². The second-order valence-corrected chi connectivity index (χ2v) is 8.12. The lowest BCUT2D eigenvalue weighted by Crippen LogP contribution is -2.37. The van der Waals surface area contributed by atoms with Crippen molar-refractivity contribution in [1.29, 1.82) is 0 Å². The van der Waals surface area contributed by atoms with Crippen LogP contribution in [-0.2, 0) is 0 Å². The first kappa shape index (κ1) is 24.7. The Labute approximate surface area is 209 Å². The zero-order valence-electron chi connectivity index (χ0n) is 18.7. The molecule has 4 rings (SSSR count). The average molecular weight is 514 g/mol. The molecule has 186 valence electrons. The van der Waals surface area contributed by atoms with Crippen LogP contribution in [0.1, 0.15) is 31.3 Å². The minimum absolute atomic E-state index is 0.0153. The third-order valence-corrected chi connectivity index (χ3v) is 5.58. The molecule has 1 aliphatic heterocycles. The summed E-state index contributed by atoms with van der Waals surface area (Å²) in [7, 11) is 0. The number of amides is 5. The zero-order chi connectivity index (χ0) is 25.7. The van der Waals surface area contributed by atoms with Gasteiger partial charge in [0.1, 0.15) is 11.5 Å². The molecule has 13 heteroatoms. The monoisotopic (exact) mass is 513 g/mol. The second-order valence-electron chi connectivity index (χ2n) is 7.71. The van der Waals surface area contributed by atoms with Gasteiger partial charge >= 0.3 is 6.03 Å². The third kappa shape index (κ3) is 5.78. The molecule has 5 amide bonds. The SMILES string of the molecule is O=C(Nc1ccc(NC(=O)c2nc[nH]c2C(=O)NCCN2CCNC2=O)cc1)c1ccc(F)cc1Cl. The van der Waals surface area contributed by atoms with E-state index < -0.39 is 23.5 Å². The van der Waals surface area contributed by atoms with Gasteiger partial charge in [0.25, 0.3) is 17.7 Å². The van der Waals surface area contributed by atoms with E-state index in [9.17, 15) is 23.6 Å². The van der Waals surface area contributed by atoms with E-state index in [4.69, 9.17) is 11.6 Å². The summed E-state index contributed by atoms with van der Waals surface area (Å²) in [5, 5.41) is 10.6. The molecule has 0 aliphatic carbocycles. The Morgan fingerprint density at radius 1 is 1.03 bits per heavy atom. The highest BCUT2D eigenvalue weighted by Crippen LogP contribution is 2.20. The molecular weight excluding hydrogens is 493 g/mol. The number of aromatic nitrogens is 2. The lowest BCUT2D eigenvalue weighted by atomic mass is 10.2. The Hall–Kier alpha value is -4.45. The first-order valence-electron chi connectivity index (χ1n) is 10.8. The van der Waals surface area contributed by atoms with E-state index in [-0.39, 0.29) is 34.5 Å². The molecule has 0 spiro atoms. The topological polar surface area (TPSA) is 148 Å². The fraction of sp³-hybridized carbons (Fsp3) is 0.174. The molecule has 1 aromatic heterocycles. The van der Waals surface area contributed by atoms with Gasteiger partial charge in [-0.1, -0.05) is 11.6 Å². The maximum absolute atomic E-state index is 13.2. The molecule has 0 unspecified atom stereocenters. The van der Waals surface area contributed by atoms with Crippen LogP contribution in [0.3, 0.4) is 0 Å². The van der Waals surface area contributed by atoms with Gasteiger partial charge < -0.3 is 31.2 Å². The van der Waals surface area contributed by atoms with E-state index in [1.165, 1.54) is 12.4 Å². The van der Waals surface area contributed by atoms with Gasteiger partial charge in [0.05, 0.1) is 16.9 Å². The van der Waals surface area contributed by atoms with Crippen LogP contribution in [0.5, 0.6) is 0 Å². The quantitative estimate of drug-likeness (QED) is 0.314. The molecule has 0 radical (unpaired) electrons. The van der Waals surface area contributed by atoms with Crippen molar-refractivity contribution in [2.45, 2.75) is 0 Å². The second kappa shape index (κ2) is 10.9. The van der Waals surface area contributed by atoms with Crippen LogP contribution in [0.15, 0.2) is 48.8 Å². The molecule has 1 aliphatic rings. The Morgan fingerprint density at radius 2 is 1.72 bits per heavy atom. The Bertz CT molecular complexity index is 1310. The van der Waals surface area contributed by atoms with Crippen molar-refractivity contribution in [3.8, 4) is 0 Å². The van der Waals surface area contributed by atoms with Crippen molar-refractivity contribution >= 4 is 46.7 Å². The number of nitrogens with zero attached hydrogens (tertiary/aromatic N) is 2. The van der Waals surface area contributed by atoms with Crippen LogP contribution in [0, 0.1) is 5.82 Å². The fourth-order valence-corrected chi connectivity index (χ4v) is 3.71. The standard InChI is InChI=1S/C23H21ClFN7O4/c24-17-11-13(25)1-6-16(17)20(33)30-14-2-4-15(5-3-14)31-22(35)19-18(28-12-29-19)21(34)26-7-9-32-10-8-27-23(32)36/h1-6,11-12H,7-10H2,(H,26,34)(H,27,36)(H,28,29)(H,30,33)(H,31,35). The van der Waals surface area contributed by atoms with Crippen LogP contribution < -0.4 is 21.3 Å². The van der Waals surface area contributed by atoms with Crippen molar-refractivity contribution in [1.82, 2.24) is 25.5 Å². The maximum Gasteiger partial charge on any atom is 0.317 e. The fourth-order valence-electron chi connectivity index (χ4n) is 3.46. The number of hydrogen-bond donors (Lipinski definition) is 5. The minimum Gasteiger partial charge on any atom is -0.349 e. The third-order valence-electron chi connectivity index (χ3n) is 5.27. The number of hydrogen-bond acceptors (Lipinski definition) is 5. The molecule has 2 heterocycles. The van der Waals surface area contributed by atoms with Crippen molar-refractivity contribution in [2.75, 3.05) is 36.8 Å². The molecule has 36 heavy (non-hydrogen) atoms. The predicted octanol–water partition coefficient (Wildman–Crippen LogP) is 2.46. The molecule has 2 aromatic carbocycles. The Balaban J connectivity index is 1.32. The molecule has 3 aromatic rings. The van der Waals surface area contributed by atoms with E-state index in [0.717, 1.165) is 12.1 Å². The number of carbonyl (C=O) groups is 4.